The third-order valence-corrected chi connectivity index (χ3v) is 4.75. The van der Waals surface area contributed by atoms with E-state index >= 15 is 0 Å². The summed E-state index contributed by atoms with van der Waals surface area (Å²) in [5.41, 5.74) is 0.716. The van der Waals surface area contributed by atoms with Crippen molar-refractivity contribution in [1.82, 2.24) is 25.1 Å². The molecule has 1 aliphatic carbocycles. The molecule has 3 heterocycles. The molecule has 0 bridgehead atoms. The van der Waals surface area contributed by atoms with Gasteiger partial charge in [-0.25, -0.2) is 0 Å². The number of aromatic nitrogens is 3. The van der Waals surface area contributed by atoms with Gasteiger partial charge in [-0.3, -0.25) is 9.69 Å². The summed E-state index contributed by atoms with van der Waals surface area (Å²) in [6, 6.07) is 1.74. The van der Waals surface area contributed by atoms with Crippen molar-refractivity contribution in [3.63, 3.8) is 0 Å². The number of carbonyl (C=O) groups excluding carboxylic acids is 1. The zero-order valence-corrected chi connectivity index (χ0v) is 13.9. The Kier molecular flexibility index (Phi) is 3.84. The van der Waals surface area contributed by atoms with Gasteiger partial charge >= 0.3 is 0 Å². The number of nitrogens with zero attached hydrogens (tertiary/aromatic N) is 5. The highest BCUT2D eigenvalue weighted by atomic mass is 16.5. The molecule has 1 aliphatic heterocycles. The van der Waals surface area contributed by atoms with Crippen LogP contribution in [0.25, 0.3) is 0 Å². The fraction of sp³-hybridized carbons (Fsp3) is 0.625. The first kappa shape index (κ1) is 15.3. The van der Waals surface area contributed by atoms with Gasteiger partial charge in [0.1, 0.15) is 0 Å². The van der Waals surface area contributed by atoms with E-state index in [1.807, 2.05) is 0 Å². The van der Waals surface area contributed by atoms with Crippen LogP contribution in [0.1, 0.15) is 59.7 Å². The van der Waals surface area contributed by atoms with Crippen molar-refractivity contribution in [2.24, 2.45) is 0 Å². The maximum Gasteiger partial charge on any atom is 0.292 e. The molecule has 128 valence electrons. The van der Waals surface area contributed by atoms with E-state index in [9.17, 15) is 4.79 Å². The highest BCUT2D eigenvalue weighted by Gasteiger charge is 2.32. The van der Waals surface area contributed by atoms with Gasteiger partial charge in [-0.2, -0.15) is 4.98 Å². The van der Waals surface area contributed by atoms with Crippen LogP contribution < -0.4 is 0 Å². The predicted molar refractivity (Wildman–Crippen MR) is 83.4 cm³/mol. The van der Waals surface area contributed by atoms with Gasteiger partial charge in [-0.1, -0.05) is 10.3 Å². The summed E-state index contributed by atoms with van der Waals surface area (Å²) in [6.07, 6.45) is 2.32. The molecule has 1 saturated heterocycles. The van der Waals surface area contributed by atoms with Crippen LogP contribution in [0.4, 0.5) is 0 Å². The molecular formula is C16H21N5O3. The van der Waals surface area contributed by atoms with Crippen LogP contribution >= 0.6 is 0 Å². The topological polar surface area (TPSA) is 88.5 Å². The Bertz CT molecular complexity index is 728. The third-order valence-electron chi connectivity index (χ3n) is 4.75. The lowest BCUT2D eigenvalue weighted by Crippen LogP contribution is -2.49. The predicted octanol–water partition coefficient (Wildman–Crippen LogP) is 1.76. The van der Waals surface area contributed by atoms with Gasteiger partial charge < -0.3 is 13.9 Å². The van der Waals surface area contributed by atoms with Gasteiger partial charge in [-0.15, -0.1) is 0 Å². The molecule has 2 aromatic heterocycles. The molecule has 2 fully saturated rings. The molecule has 4 rings (SSSR count). The molecule has 2 aromatic rings. The van der Waals surface area contributed by atoms with Crippen LogP contribution in [0.2, 0.25) is 0 Å². The molecule has 1 atom stereocenters. The van der Waals surface area contributed by atoms with E-state index < -0.39 is 0 Å². The lowest BCUT2D eigenvalue weighted by Gasteiger charge is -2.36. The first-order chi connectivity index (χ1) is 11.6. The minimum atomic E-state index is -0.100. The van der Waals surface area contributed by atoms with E-state index in [2.05, 4.69) is 27.1 Å². The summed E-state index contributed by atoms with van der Waals surface area (Å²) in [5.74, 6) is 2.21. The summed E-state index contributed by atoms with van der Waals surface area (Å²) < 4.78 is 10.5. The Morgan fingerprint density at radius 2 is 1.96 bits per heavy atom. The van der Waals surface area contributed by atoms with Gasteiger partial charge in [0.15, 0.2) is 5.82 Å². The van der Waals surface area contributed by atoms with Crippen LogP contribution in [0.15, 0.2) is 15.1 Å². The Morgan fingerprint density at radius 3 is 2.58 bits per heavy atom. The van der Waals surface area contributed by atoms with E-state index in [4.69, 9.17) is 9.05 Å². The standard InChI is InChI=1S/C16H21N5O3/c1-10-9-13(23-18-10)16(22)21-7-5-20(6-8-21)11(2)15-17-14(19-24-15)12-3-4-12/h9,11-12H,3-8H2,1-2H3. The van der Waals surface area contributed by atoms with Crippen LogP contribution in [0.3, 0.4) is 0 Å². The average Bonchev–Trinajstić information content (AvgIpc) is 3.17. The Hall–Kier alpha value is -2.22. The Labute approximate surface area is 139 Å². The fourth-order valence-electron chi connectivity index (χ4n) is 3.01. The highest BCUT2D eigenvalue weighted by Crippen LogP contribution is 2.38. The number of rotatable bonds is 4. The normalized spacial score (nSPS) is 20.3. The number of aryl methyl sites for hydroxylation is 1. The molecule has 0 spiro atoms. The SMILES string of the molecule is Cc1cc(C(=O)N2CCN(C(C)c3nc(C4CC4)no3)CC2)on1. The lowest BCUT2D eigenvalue weighted by atomic mass is 10.2. The first-order valence-corrected chi connectivity index (χ1v) is 8.42. The van der Waals surface area contributed by atoms with E-state index in [1.165, 1.54) is 0 Å². The highest BCUT2D eigenvalue weighted by molar-refractivity contribution is 5.91. The van der Waals surface area contributed by atoms with Gasteiger partial charge in [-0.05, 0) is 26.7 Å². The van der Waals surface area contributed by atoms with Crippen LogP contribution in [0.5, 0.6) is 0 Å². The zero-order valence-electron chi connectivity index (χ0n) is 13.9. The molecule has 24 heavy (non-hydrogen) atoms. The molecule has 2 aliphatic rings. The van der Waals surface area contributed by atoms with Crippen molar-refractivity contribution >= 4 is 5.91 Å². The number of piperazine rings is 1. The molecule has 0 radical (unpaired) electrons. The molecule has 8 heteroatoms. The lowest BCUT2D eigenvalue weighted by molar-refractivity contribution is 0.0516. The van der Waals surface area contributed by atoms with Gasteiger partial charge in [0, 0.05) is 38.2 Å². The van der Waals surface area contributed by atoms with Crippen LogP contribution in [0, 0.1) is 6.92 Å². The monoisotopic (exact) mass is 331 g/mol. The maximum atomic E-state index is 12.4. The van der Waals surface area contributed by atoms with Crippen molar-refractivity contribution in [1.29, 1.82) is 0 Å². The van der Waals surface area contributed by atoms with Crippen molar-refractivity contribution in [2.45, 2.75) is 38.6 Å². The quantitative estimate of drug-likeness (QED) is 0.843. The second-order valence-electron chi connectivity index (χ2n) is 6.60. The summed E-state index contributed by atoms with van der Waals surface area (Å²) in [4.78, 5) is 21.0. The summed E-state index contributed by atoms with van der Waals surface area (Å²) >= 11 is 0. The van der Waals surface area contributed by atoms with Crippen molar-refractivity contribution in [3.8, 4) is 0 Å². The number of hydrogen-bond donors (Lipinski definition) is 0. The molecule has 1 amide bonds. The van der Waals surface area contributed by atoms with Crippen LogP contribution in [-0.4, -0.2) is 57.2 Å². The third kappa shape index (κ3) is 2.93. The van der Waals surface area contributed by atoms with Crippen molar-refractivity contribution < 1.29 is 13.8 Å². The van der Waals surface area contributed by atoms with Gasteiger partial charge in [0.2, 0.25) is 11.7 Å². The van der Waals surface area contributed by atoms with Crippen molar-refractivity contribution in [2.75, 3.05) is 26.2 Å². The smallest absolute Gasteiger partial charge is 0.292 e. The van der Waals surface area contributed by atoms with Crippen LogP contribution in [-0.2, 0) is 0 Å². The van der Waals surface area contributed by atoms with Gasteiger partial charge in [0.05, 0.1) is 11.7 Å². The molecule has 8 nitrogen and oxygen atoms in total. The summed E-state index contributed by atoms with van der Waals surface area (Å²) in [7, 11) is 0. The Balaban J connectivity index is 1.35. The minimum Gasteiger partial charge on any atom is -0.351 e. The molecule has 0 N–H and O–H groups in total. The fourth-order valence-corrected chi connectivity index (χ4v) is 3.01. The van der Waals surface area contributed by atoms with E-state index in [1.54, 1.807) is 17.9 Å². The second kappa shape index (κ2) is 6.01. The van der Waals surface area contributed by atoms with E-state index in [0.29, 0.717) is 36.4 Å². The maximum absolute atomic E-state index is 12.4. The molecular weight excluding hydrogens is 310 g/mol. The Morgan fingerprint density at radius 1 is 1.21 bits per heavy atom. The minimum absolute atomic E-state index is 0.0646. The molecule has 0 aromatic carbocycles. The molecule has 1 unspecified atom stereocenters. The summed E-state index contributed by atoms with van der Waals surface area (Å²) in [6.45, 7) is 6.70. The summed E-state index contributed by atoms with van der Waals surface area (Å²) in [5, 5.41) is 7.86. The van der Waals surface area contributed by atoms with Crippen molar-refractivity contribution in [3.05, 3.63) is 29.2 Å². The van der Waals surface area contributed by atoms with E-state index in [0.717, 1.165) is 31.8 Å². The van der Waals surface area contributed by atoms with Gasteiger partial charge in [0.25, 0.3) is 5.91 Å². The number of hydrogen-bond acceptors (Lipinski definition) is 7. The molecule has 1 saturated carbocycles. The first-order valence-electron chi connectivity index (χ1n) is 8.42. The number of amides is 1. The largest absolute Gasteiger partial charge is 0.351 e. The zero-order chi connectivity index (χ0) is 16.7. The average molecular weight is 331 g/mol. The van der Waals surface area contributed by atoms with E-state index in [-0.39, 0.29) is 11.9 Å². The second-order valence-corrected chi connectivity index (χ2v) is 6.60. The number of carbonyl (C=O) groups is 1.